The van der Waals surface area contributed by atoms with Crippen LogP contribution in [0.2, 0.25) is 0 Å². The highest BCUT2D eigenvalue weighted by atomic mass is 16.5. The first-order valence-corrected chi connectivity index (χ1v) is 2.59. The van der Waals surface area contributed by atoms with E-state index in [0.29, 0.717) is 12.3 Å². The summed E-state index contributed by atoms with van der Waals surface area (Å²) in [4.78, 5) is 0. The van der Waals surface area contributed by atoms with Gasteiger partial charge in [0.05, 0.1) is 12.7 Å². The number of hydrogen-bond donors (Lipinski definition) is 2. The first-order chi connectivity index (χ1) is 4.43. The minimum atomic E-state index is 0.601. The van der Waals surface area contributed by atoms with Crippen LogP contribution in [0.15, 0.2) is 10.7 Å². The van der Waals surface area contributed by atoms with E-state index in [2.05, 4.69) is 25.7 Å². The van der Waals surface area contributed by atoms with Crippen molar-refractivity contribution in [3.8, 4) is 0 Å². The lowest BCUT2D eigenvalue weighted by Crippen LogP contribution is -2.26. The highest BCUT2D eigenvalue weighted by molar-refractivity contribution is 4.83. The molecule has 0 aliphatic carbocycles. The van der Waals surface area contributed by atoms with Crippen molar-refractivity contribution in [2.75, 3.05) is 7.05 Å². The fourth-order valence-corrected chi connectivity index (χ4v) is 0.441. The molecular formula is C4H8N4O. The topological polar surface area (TPSA) is 63.0 Å². The van der Waals surface area contributed by atoms with E-state index < -0.39 is 0 Å². The van der Waals surface area contributed by atoms with Crippen LogP contribution in [0, 0.1) is 0 Å². The zero-order valence-electron chi connectivity index (χ0n) is 5.09. The van der Waals surface area contributed by atoms with Gasteiger partial charge >= 0.3 is 0 Å². The third-order valence-electron chi connectivity index (χ3n) is 0.846. The van der Waals surface area contributed by atoms with Crippen LogP contribution in [0.5, 0.6) is 0 Å². The molecular weight excluding hydrogens is 120 g/mol. The van der Waals surface area contributed by atoms with Crippen LogP contribution in [0.25, 0.3) is 0 Å². The van der Waals surface area contributed by atoms with E-state index in [1.54, 1.807) is 13.2 Å². The zero-order chi connectivity index (χ0) is 6.53. The molecule has 0 aliphatic heterocycles. The summed E-state index contributed by atoms with van der Waals surface area (Å²) in [6.07, 6.45) is 1.56. The van der Waals surface area contributed by atoms with Gasteiger partial charge in [-0.15, -0.1) is 5.10 Å². The second-order valence-corrected chi connectivity index (χ2v) is 1.49. The van der Waals surface area contributed by atoms with Crippen molar-refractivity contribution in [2.24, 2.45) is 0 Å². The number of aromatic nitrogens is 2. The van der Waals surface area contributed by atoms with Crippen molar-refractivity contribution in [3.05, 3.63) is 12.0 Å². The van der Waals surface area contributed by atoms with Crippen molar-refractivity contribution in [2.45, 2.75) is 6.54 Å². The van der Waals surface area contributed by atoms with Crippen molar-refractivity contribution in [1.82, 2.24) is 21.2 Å². The fourth-order valence-electron chi connectivity index (χ4n) is 0.441. The van der Waals surface area contributed by atoms with Crippen LogP contribution >= 0.6 is 0 Å². The quantitative estimate of drug-likeness (QED) is 0.527. The van der Waals surface area contributed by atoms with Crippen molar-refractivity contribution in [3.63, 3.8) is 0 Å². The summed E-state index contributed by atoms with van der Waals surface area (Å²) in [6.45, 7) is 0.601. The molecule has 0 spiro atoms. The van der Waals surface area contributed by atoms with Crippen molar-refractivity contribution >= 4 is 0 Å². The molecule has 0 saturated heterocycles. The zero-order valence-corrected chi connectivity index (χ0v) is 5.09. The molecule has 5 heteroatoms. The molecule has 1 heterocycles. The normalized spacial score (nSPS) is 9.89. The SMILES string of the molecule is CNNCc1cnno1. The lowest BCUT2D eigenvalue weighted by atomic mass is 10.5. The van der Waals surface area contributed by atoms with Crippen LogP contribution in [-0.4, -0.2) is 17.4 Å². The Balaban J connectivity index is 2.30. The minimum absolute atomic E-state index is 0.601. The summed E-state index contributed by atoms with van der Waals surface area (Å²) in [5.41, 5.74) is 5.57. The number of nitrogens with zero attached hydrogens (tertiary/aromatic N) is 2. The Morgan fingerprint density at radius 3 is 3.22 bits per heavy atom. The number of hydrazine groups is 1. The summed E-state index contributed by atoms with van der Waals surface area (Å²) < 4.78 is 4.67. The molecule has 0 radical (unpaired) electrons. The van der Waals surface area contributed by atoms with Gasteiger partial charge in [0.2, 0.25) is 0 Å². The number of nitrogens with one attached hydrogen (secondary N) is 2. The second-order valence-electron chi connectivity index (χ2n) is 1.49. The molecule has 0 bridgehead atoms. The van der Waals surface area contributed by atoms with E-state index in [1.165, 1.54) is 0 Å². The van der Waals surface area contributed by atoms with Gasteiger partial charge in [-0.3, -0.25) is 10.9 Å². The monoisotopic (exact) mass is 128 g/mol. The lowest BCUT2D eigenvalue weighted by Gasteiger charge is -1.94. The molecule has 0 atom stereocenters. The molecule has 0 aromatic carbocycles. The Labute approximate surface area is 52.4 Å². The van der Waals surface area contributed by atoms with Gasteiger partial charge in [0, 0.05) is 5.27 Å². The van der Waals surface area contributed by atoms with Gasteiger partial charge in [-0.1, -0.05) is 0 Å². The predicted molar refractivity (Wildman–Crippen MR) is 30.2 cm³/mol. The third kappa shape index (κ3) is 1.79. The van der Waals surface area contributed by atoms with Crippen LogP contribution in [-0.2, 0) is 6.54 Å². The average Bonchev–Trinajstić information content (AvgIpc) is 2.34. The Hall–Kier alpha value is -0.940. The largest absolute Gasteiger partial charge is 0.341 e. The highest BCUT2D eigenvalue weighted by Gasteiger charge is 1.93. The molecule has 50 valence electrons. The lowest BCUT2D eigenvalue weighted by molar-refractivity contribution is 0.349. The van der Waals surface area contributed by atoms with Crippen LogP contribution in [0.4, 0.5) is 0 Å². The first-order valence-electron chi connectivity index (χ1n) is 2.59. The van der Waals surface area contributed by atoms with Crippen molar-refractivity contribution < 1.29 is 4.52 Å². The molecule has 5 nitrogen and oxygen atoms in total. The summed E-state index contributed by atoms with van der Waals surface area (Å²) in [6, 6.07) is 0. The van der Waals surface area contributed by atoms with Gasteiger partial charge in [0.15, 0.2) is 5.76 Å². The Bertz CT molecular complexity index is 150. The van der Waals surface area contributed by atoms with Gasteiger partial charge < -0.3 is 4.52 Å². The maximum absolute atomic E-state index is 4.67. The van der Waals surface area contributed by atoms with Crippen molar-refractivity contribution in [1.29, 1.82) is 0 Å². The van der Waals surface area contributed by atoms with E-state index in [9.17, 15) is 0 Å². The molecule has 1 rings (SSSR count). The van der Waals surface area contributed by atoms with Gasteiger partial charge in [0.1, 0.15) is 0 Å². The molecule has 0 amide bonds. The highest BCUT2D eigenvalue weighted by Crippen LogP contribution is 1.89. The smallest absolute Gasteiger partial charge is 0.172 e. The molecule has 0 aliphatic rings. The van der Waals surface area contributed by atoms with Gasteiger partial charge in [0.25, 0.3) is 0 Å². The van der Waals surface area contributed by atoms with E-state index in [-0.39, 0.29) is 0 Å². The van der Waals surface area contributed by atoms with Gasteiger partial charge in [-0.2, -0.15) is 0 Å². The maximum atomic E-state index is 4.67. The average molecular weight is 128 g/mol. The molecule has 0 saturated carbocycles. The predicted octanol–water partition coefficient (Wildman–Crippen LogP) is -0.706. The molecule has 1 aromatic rings. The maximum Gasteiger partial charge on any atom is 0.172 e. The van der Waals surface area contributed by atoms with Crippen LogP contribution in [0.3, 0.4) is 0 Å². The fraction of sp³-hybridized carbons (Fsp3) is 0.500. The number of hydrogen-bond acceptors (Lipinski definition) is 5. The van der Waals surface area contributed by atoms with E-state index in [0.717, 1.165) is 0 Å². The van der Waals surface area contributed by atoms with E-state index in [4.69, 9.17) is 0 Å². The summed E-state index contributed by atoms with van der Waals surface area (Å²) in [7, 11) is 1.78. The molecule has 1 aromatic heterocycles. The van der Waals surface area contributed by atoms with Crippen LogP contribution in [0.1, 0.15) is 5.76 Å². The van der Waals surface area contributed by atoms with Gasteiger partial charge in [-0.05, 0) is 7.05 Å². The van der Waals surface area contributed by atoms with E-state index >= 15 is 0 Å². The second kappa shape index (κ2) is 3.16. The number of rotatable bonds is 3. The Morgan fingerprint density at radius 2 is 2.67 bits per heavy atom. The van der Waals surface area contributed by atoms with Gasteiger partial charge in [-0.25, -0.2) is 0 Å². The summed E-state index contributed by atoms with van der Waals surface area (Å²) in [5.74, 6) is 0.712. The molecule has 0 fully saturated rings. The Kier molecular flexibility index (Phi) is 2.17. The standard InChI is InChI=1S/C4H8N4O/c1-5-6-2-4-3-7-8-9-4/h3,5-6H,2H2,1H3. The summed E-state index contributed by atoms with van der Waals surface area (Å²) in [5, 5.41) is 6.77. The molecule has 0 unspecified atom stereocenters. The Morgan fingerprint density at radius 1 is 1.78 bits per heavy atom. The summed E-state index contributed by atoms with van der Waals surface area (Å²) >= 11 is 0. The third-order valence-corrected chi connectivity index (χ3v) is 0.846. The first kappa shape index (κ1) is 6.18. The minimum Gasteiger partial charge on any atom is -0.341 e. The molecule has 9 heavy (non-hydrogen) atoms. The van der Waals surface area contributed by atoms with Crippen LogP contribution < -0.4 is 10.9 Å². The van der Waals surface area contributed by atoms with E-state index in [1.807, 2.05) is 0 Å². The molecule has 2 N–H and O–H groups in total.